The van der Waals surface area contributed by atoms with Gasteiger partial charge in [-0.3, -0.25) is 9.78 Å². The summed E-state index contributed by atoms with van der Waals surface area (Å²) in [7, 11) is 0. The van der Waals surface area contributed by atoms with Crippen LogP contribution in [0.1, 0.15) is 18.7 Å². The summed E-state index contributed by atoms with van der Waals surface area (Å²) in [5, 5.41) is 13.6. The summed E-state index contributed by atoms with van der Waals surface area (Å²) in [6.07, 6.45) is 6.28. The molecule has 2 aromatic rings. The number of rotatable bonds is 5. The first-order valence-corrected chi connectivity index (χ1v) is 7.41. The highest BCUT2D eigenvalue weighted by Gasteiger charge is 2.28. The lowest BCUT2D eigenvalue weighted by atomic mass is 10.2. The highest BCUT2D eigenvalue weighted by Crippen LogP contribution is 2.18. The van der Waals surface area contributed by atoms with Crippen LogP contribution in [0.5, 0.6) is 0 Å². The standard InChI is InChI=1S/C13H20N8O/c14-12-17-11(18-19-12)4-6-15-13(22)21-8-1-3-10(21)9-20-7-2-5-16-20/h2,5,7,10H,1,3-4,6,8-9H2,(H,15,22)(H3,14,17,18,19). The van der Waals surface area contributed by atoms with E-state index in [1.165, 1.54) is 0 Å². The fourth-order valence-electron chi connectivity index (χ4n) is 2.73. The number of urea groups is 1. The molecule has 9 heteroatoms. The number of nitrogen functional groups attached to an aromatic ring is 1. The zero-order valence-electron chi connectivity index (χ0n) is 12.3. The third-order valence-electron chi connectivity index (χ3n) is 3.78. The first kappa shape index (κ1) is 14.4. The number of amides is 2. The Morgan fingerprint density at radius 2 is 2.45 bits per heavy atom. The van der Waals surface area contributed by atoms with Gasteiger partial charge in [-0.05, 0) is 18.9 Å². The molecule has 1 aliphatic heterocycles. The largest absolute Gasteiger partial charge is 0.367 e. The lowest BCUT2D eigenvalue weighted by molar-refractivity contribution is 0.186. The van der Waals surface area contributed by atoms with Gasteiger partial charge in [-0.1, -0.05) is 0 Å². The second-order valence-corrected chi connectivity index (χ2v) is 5.34. The number of hydrogen-bond donors (Lipinski definition) is 3. The molecule has 0 spiro atoms. The van der Waals surface area contributed by atoms with Crippen LogP contribution in [0.15, 0.2) is 18.5 Å². The van der Waals surface area contributed by atoms with Gasteiger partial charge in [0.15, 0.2) is 0 Å². The molecule has 4 N–H and O–H groups in total. The minimum Gasteiger partial charge on any atom is -0.367 e. The molecule has 3 rings (SSSR count). The summed E-state index contributed by atoms with van der Waals surface area (Å²) in [5.41, 5.74) is 5.44. The van der Waals surface area contributed by atoms with Crippen molar-refractivity contribution in [2.45, 2.75) is 31.8 Å². The Kier molecular flexibility index (Phi) is 4.22. The van der Waals surface area contributed by atoms with Crippen LogP contribution in [-0.2, 0) is 13.0 Å². The summed E-state index contributed by atoms with van der Waals surface area (Å²) in [5.74, 6) is 0.896. The Hall–Kier alpha value is -2.58. The van der Waals surface area contributed by atoms with E-state index < -0.39 is 0 Å². The Morgan fingerprint density at radius 3 is 3.18 bits per heavy atom. The highest BCUT2D eigenvalue weighted by atomic mass is 16.2. The van der Waals surface area contributed by atoms with Gasteiger partial charge in [0.25, 0.3) is 0 Å². The van der Waals surface area contributed by atoms with E-state index in [2.05, 4.69) is 25.6 Å². The van der Waals surface area contributed by atoms with Crippen LogP contribution in [0.2, 0.25) is 0 Å². The predicted molar refractivity (Wildman–Crippen MR) is 79.9 cm³/mol. The van der Waals surface area contributed by atoms with Gasteiger partial charge in [0.2, 0.25) is 5.95 Å². The molecule has 0 aliphatic carbocycles. The Morgan fingerprint density at radius 1 is 1.55 bits per heavy atom. The Bertz CT molecular complexity index is 607. The second kappa shape index (κ2) is 6.46. The Balaban J connectivity index is 1.48. The molecular weight excluding hydrogens is 284 g/mol. The molecule has 0 radical (unpaired) electrons. The smallest absolute Gasteiger partial charge is 0.317 e. The number of nitrogens with one attached hydrogen (secondary N) is 2. The van der Waals surface area contributed by atoms with Gasteiger partial charge in [0.05, 0.1) is 12.6 Å². The van der Waals surface area contributed by atoms with E-state index in [1.54, 1.807) is 6.20 Å². The van der Waals surface area contributed by atoms with Crippen molar-refractivity contribution in [3.05, 3.63) is 24.3 Å². The number of nitrogens with zero attached hydrogens (tertiary/aromatic N) is 5. The van der Waals surface area contributed by atoms with Crippen molar-refractivity contribution in [1.82, 2.24) is 35.2 Å². The van der Waals surface area contributed by atoms with Crippen molar-refractivity contribution in [1.29, 1.82) is 0 Å². The molecule has 0 bridgehead atoms. The van der Waals surface area contributed by atoms with Crippen LogP contribution in [0.4, 0.5) is 10.7 Å². The maximum Gasteiger partial charge on any atom is 0.317 e. The van der Waals surface area contributed by atoms with Gasteiger partial charge < -0.3 is 16.0 Å². The number of likely N-dealkylation sites (tertiary alicyclic amines) is 1. The average Bonchev–Trinajstić information content (AvgIpc) is 3.22. The molecule has 1 saturated heterocycles. The van der Waals surface area contributed by atoms with Crippen LogP contribution in [0.25, 0.3) is 0 Å². The van der Waals surface area contributed by atoms with Gasteiger partial charge >= 0.3 is 6.03 Å². The fraction of sp³-hybridized carbons (Fsp3) is 0.538. The van der Waals surface area contributed by atoms with E-state index in [0.29, 0.717) is 18.8 Å². The number of H-pyrrole nitrogens is 1. The average molecular weight is 304 g/mol. The molecule has 1 unspecified atom stereocenters. The van der Waals surface area contributed by atoms with E-state index in [0.717, 1.165) is 25.9 Å². The Labute approximate surface area is 127 Å². The van der Waals surface area contributed by atoms with Gasteiger partial charge in [-0.2, -0.15) is 10.1 Å². The first-order valence-electron chi connectivity index (χ1n) is 7.41. The van der Waals surface area contributed by atoms with E-state index in [-0.39, 0.29) is 18.0 Å². The molecule has 0 saturated carbocycles. The topological polar surface area (TPSA) is 118 Å². The maximum absolute atomic E-state index is 12.3. The number of aromatic amines is 1. The van der Waals surface area contributed by atoms with Crippen LogP contribution in [0.3, 0.4) is 0 Å². The number of aromatic nitrogens is 5. The van der Waals surface area contributed by atoms with Gasteiger partial charge in [0, 0.05) is 31.9 Å². The fourth-order valence-corrected chi connectivity index (χ4v) is 2.73. The summed E-state index contributed by atoms with van der Waals surface area (Å²) < 4.78 is 1.87. The summed E-state index contributed by atoms with van der Waals surface area (Å²) >= 11 is 0. The molecule has 2 aromatic heterocycles. The van der Waals surface area contributed by atoms with Crippen molar-refractivity contribution in [2.24, 2.45) is 0 Å². The molecular formula is C13H20N8O. The van der Waals surface area contributed by atoms with E-state index in [9.17, 15) is 4.79 Å². The summed E-state index contributed by atoms with van der Waals surface area (Å²) in [4.78, 5) is 18.2. The van der Waals surface area contributed by atoms with Crippen LogP contribution in [0, 0.1) is 0 Å². The van der Waals surface area contributed by atoms with Gasteiger partial charge in [-0.25, -0.2) is 4.79 Å². The van der Waals surface area contributed by atoms with E-state index in [4.69, 9.17) is 5.73 Å². The SMILES string of the molecule is Nc1n[nH]c(CCNC(=O)N2CCCC2Cn2cccn2)n1. The molecule has 9 nitrogen and oxygen atoms in total. The van der Waals surface area contributed by atoms with Crippen LogP contribution < -0.4 is 11.1 Å². The predicted octanol–water partition coefficient (Wildman–Crippen LogP) is 0.0001000. The van der Waals surface area contributed by atoms with Crippen molar-refractivity contribution in [2.75, 3.05) is 18.8 Å². The monoisotopic (exact) mass is 304 g/mol. The number of carbonyl (C=O) groups is 1. The minimum atomic E-state index is -0.0397. The van der Waals surface area contributed by atoms with Crippen molar-refractivity contribution in [3.63, 3.8) is 0 Å². The number of nitrogens with two attached hydrogens (primary N) is 1. The lowest BCUT2D eigenvalue weighted by Gasteiger charge is -2.24. The molecule has 118 valence electrons. The third kappa shape index (κ3) is 3.35. The first-order chi connectivity index (χ1) is 10.7. The highest BCUT2D eigenvalue weighted by molar-refractivity contribution is 5.74. The minimum absolute atomic E-state index is 0.0397. The third-order valence-corrected chi connectivity index (χ3v) is 3.78. The lowest BCUT2D eigenvalue weighted by Crippen LogP contribution is -2.45. The summed E-state index contributed by atoms with van der Waals surface area (Å²) in [6, 6.07) is 2.05. The van der Waals surface area contributed by atoms with Crippen molar-refractivity contribution in [3.8, 4) is 0 Å². The van der Waals surface area contributed by atoms with E-state index in [1.807, 2.05) is 21.8 Å². The van der Waals surface area contributed by atoms with E-state index >= 15 is 0 Å². The number of hydrogen-bond acceptors (Lipinski definition) is 5. The molecule has 1 fully saturated rings. The van der Waals surface area contributed by atoms with Gasteiger partial charge in [-0.15, -0.1) is 5.10 Å². The second-order valence-electron chi connectivity index (χ2n) is 5.34. The van der Waals surface area contributed by atoms with Crippen LogP contribution in [-0.4, -0.2) is 55.0 Å². The van der Waals surface area contributed by atoms with Gasteiger partial charge in [0.1, 0.15) is 5.82 Å². The normalized spacial score (nSPS) is 17.8. The maximum atomic E-state index is 12.3. The number of anilines is 1. The van der Waals surface area contributed by atoms with Crippen molar-refractivity contribution >= 4 is 12.0 Å². The molecule has 22 heavy (non-hydrogen) atoms. The zero-order chi connectivity index (χ0) is 15.4. The number of carbonyl (C=O) groups excluding carboxylic acids is 1. The molecule has 2 amide bonds. The summed E-state index contributed by atoms with van der Waals surface area (Å²) in [6.45, 7) is 2.02. The molecule has 1 aliphatic rings. The van der Waals surface area contributed by atoms with Crippen LogP contribution >= 0.6 is 0 Å². The quantitative estimate of drug-likeness (QED) is 0.718. The molecule has 1 atom stereocenters. The molecule has 0 aromatic carbocycles. The zero-order valence-corrected chi connectivity index (χ0v) is 12.3. The molecule has 3 heterocycles. The van der Waals surface area contributed by atoms with Crippen molar-refractivity contribution < 1.29 is 4.79 Å².